The van der Waals surface area contributed by atoms with Crippen LogP contribution >= 0.6 is 11.3 Å². The molecule has 0 unspecified atom stereocenters. The van der Waals surface area contributed by atoms with Crippen LogP contribution in [0.25, 0.3) is 10.1 Å². The Labute approximate surface area is 166 Å². The Morgan fingerprint density at radius 2 is 2.04 bits per heavy atom. The van der Waals surface area contributed by atoms with E-state index in [9.17, 15) is 13.2 Å². The minimum atomic E-state index is -3.65. The normalized spacial score (nSPS) is 23.9. The molecule has 0 spiro atoms. The minimum absolute atomic E-state index is 0.110. The summed E-state index contributed by atoms with van der Waals surface area (Å²) in [4.78, 5) is 17.4. The first kappa shape index (κ1) is 17.8. The summed E-state index contributed by atoms with van der Waals surface area (Å²) in [7, 11) is -3.65. The summed E-state index contributed by atoms with van der Waals surface area (Å²) < 4.78 is 26.8. The van der Waals surface area contributed by atoms with Crippen LogP contribution in [0.5, 0.6) is 0 Å². The maximum atomic E-state index is 13.0. The zero-order valence-electron chi connectivity index (χ0n) is 15.0. The van der Waals surface area contributed by atoms with Gasteiger partial charge >= 0.3 is 0 Å². The zero-order valence-corrected chi connectivity index (χ0v) is 16.6. The monoisotopic (exact) mass is 413 g/mol. The van der Waals surface area contributed by atoms with Gasteiger partial charge in [-0.15, -0.1) is 11.3 Å². The Hall–Kier alpha value is -2.29. The van der Waals surface area contributed by atoms with Gasteiger partial charge in [-0.1, -0.05) is 18.2 Å². The van der Waals surface area contributed by atoms with Crippen LogP contribution < -0.4 is 10.6 Å². The van der Waals surface area contributed by atoms with Gasteiger partial charge in [0.05, 0.1) is 14.5 Å². The third-order valence-electron chi connectivity index (χ3n) is 5.62. The van der Waals surface area contributed by atoms with Crippen LogP contribution in [0.15, 0.2) is 57.8 Å². The third kappa shape index (κ3) is 2.92. The second-order valence-electron chi connectivity index (χ2n) is 7.35. The Kier molecular flexibility index (Phi) is 4.22. The molecule has 2 saturated heterocycles. The number of amides is 1. The molecule has 0 saturated carbocycles. The lowest BCUT2D eigenvalue weighted by Crippen LogP contribution is -2.43. The lowest BCUT2D eigenvalue weighted by molar-refractivity contribution is 0.0926. The maximum Gasteiger partial charge on any atom is 0.270 e. The molecule has 8 heteroatoms. The Morgan fingerprint density at radius 1 is 1.21 bits per heavy atom. The van der Waals surface area contributed by atoms with Crippen LogP contribution in [-0.4, -0.2) is 37.4 Å². The van der Waals surface area contributed by atoms with Gasteiger partial charge in [-0.25, -0.2) is 13.4 Å². The fraction of sp³-hybridized carbons (Fsp3) is 0.300. The van der Waals surface area contributed by atoms with E-state index in [2.05, 4.69) is 15.6 Å². The standard InChI is InChI=1S/C20H19N3O3S2/c24-20(23-16-8-12-6-7-15(16)22-12)17-9-14-18(10-21-17)27-11-19(14)28(25,26)13-4-2-1-3-5-13/h1-5,9-12,15-16,22H,6-8H2,(H,23,24)/t12-,15+,16-/m1/s1. The molecule has 4 heterocycles. The number of carbonyl (C=O) groups excluding carboxylic acids is 1. The van der Waals surface area contributed by atoms with E-state index >= 15 is 0 Å². The molecule has 28 heavy (non-hydrogen) atoms. The molecule has 2 N–H and O–H groups in total. The summed E-state index contributed by atoms with van der Waals surface area (Å²) >= 11 is 1.32. The van der Waals surface area contributed by atoms with Crippen molar-refractivity contribution in [1.82, 2.24) is 15.6 Å². The second-order valence-corrected chi connectivity index (χ2v) is 10.2. The van der Waals surface area contributed by atoms with Crippen molar-refractivity contribution in [2.75, 3.05) is 0 Å². The van der Waals surface area contributed by atoms with Gasteiger partial charge in [0, 0.05) is 35.1 Å². The van der Waals surface area contributed by atoms with Crippen LogP contribution in [-0.2, 0) is 9.84 Å². The molecule has 6 nitrogen and oxygen atoms in total. The van der Waals surface area contributed by atoms with Crippen molar-refractivity contribution in [2.45, 2.75) is 47.2 Å². The van der Waals surface area contributed by atoms with Crippen LogP contribution in [0.3, 0.4) is 0 Å². The van der Waals surface area contributed by atoms with E-state index in [1.54, 1.807) is 48.0 Å². The van der Waals surface area contributed by atoms with Crippen LogP contribution in [0, 0.1) is 0 Å². The molecule has 2 aliphatic rings. The molecule has 3 aromatic rings. The number of sulfone groups is 1. The van der Waals surface area contributed by atoms with Crippen molar-refractivity contribution in [3.8, 4) is 0 Å². The van der Waals surface area contributed by atoms with Crippen molar-refractivity contribution in [3.05, 3.63) is 53.7 Å². The number of aromatic nitrogens is 1. The number of carbonyl (C=O) groups is 1. The van der Waals surface area contributed by atoms with Gasteiger partial charge < -0.3 is 10.6 Å². The highest BCUT2D eigenvalue weighted by Gasteiger charge is 2.39. The van der Waals surface area contributed by atoms with Gasteiger partial charge in [0.25, 0.3) is 5.91 Å². The minimum Gasteiger partial charge on any atom is -0.346 e. The lowest BCUT2D eigenvalue weighted by Gasteiger charge is -2.21. The lowest BCUT2D eigenvalue weighted by atomic mass is 9.95. The van der Waals surface area contributed by atoms with E-state index in [4.69, 9.17) is 0 Å². The summed E-state index contributed by atoms with van der Waals surface area (Å²) in [6.45, 7) is 0. The molecule has 2 fully saturated rings. The molecule has 144 valence electrons. The number of benzene rings is 1. The number of rotatable bonds is 4. The largest absolute Gasteiger partial charge is 0.346 e. The van der Waals surface area contributed by atoms with E-state index in [1.165, 1.54) is 11.3 Å². The summed E-state index contributed by atoms with van der Waals surface area (Å²) in [5, 5.41) is 8.72. The predicted octanol–water partition coefficient (Wildman–Crippen LogP) is 2.75. The van der Waals surface area contributed by atoms with Crippen molar-refractivity contribution in [2.24, 2.45) is 0 Å². The fourth-order valence-corrected chi connectivity index (χ4v) is 6.91. The third-order valence-corrected chi connectivity index (χ3v) is 8.51. The van der Waals surface area contributed by atoms with Crippen molar-refractivity contribution in [3.63, 3.8) is 0 Å². The number of thiophene rings is 1. The quantitative estimate of drug-likeness (QED) is 0.687. The van der Waals surface area contributed by atoms with Crippen molar-refractivity contribution in [1.29, 1.82) is 0 Å². The smallest absolute Gasteiger partial charge is 0.270 e. The van der Waals surface area contributed by atoms with Gasteiger partial charge in [0.1, 0.15) is 5.69 Å². The van der Waals surface area contributed by atoms with Gasteiger partial charge in [-0.2, -0.15) is 0 Å². The van der Waals surface area contributed by atoms with Crippen LogP contribution in [0.1, 0.15) is 29.8 Å². The highest BCUT2D eigenvalue weighted by Crippen LogP contribution is 2.33. The maximum absolute atomic E-state index is 13.0. The number of nitrogens with one attached hydrogen (secondary N) is 2. The summed E-state index contributed by atoms with van der Waals surface area (Å²) in [6, 6.07) is 10.9. The molecule has 2 aliphatic heterocycles. The molecule has 0 aliphatic carbocycles. The van der Waals surface area contributed by atoms with E-state index in [0.717, 1.165) is 24.0 Å². The summed E-state index contributed by atoms with van der Waals surface area (Å²) in [6.07, 6.45) is 4.76. The van der Waals surface area contributed by atoms with E-state index in [-0.39, 0.29) is 27.4 Å². The topological polar surface area (TPSA) is 88.2 Å². The average Bonchev–Trinajstić information content (AvgIpc) is 3.43. The number of pyridine rings is 1. The van der Waals surface area contributed by atoms with Crippen LogP contribution in [0.2, 0.25) is 0 Å². The van der Waals surface area contributed by atoms with Crippen molar-refractivity contribution >= 4 is 37.2 Å². The molecule has 1 aromatic carbocycles. The predicted molar refractivity (Wildman–Crippen MR) is 107 cm³/mol. The number of hydrogen-bond acceptors (Lipinski definition) is 6. The molecule has 1 amide bonds. The summed E-state index contributed by atoms with van der Waals surface area (Å²) in [5.41, 5.74) is 0.248. The fourth-order valence-electron chi connectivity index (χ4n) is 4.19. The van der Waals surface area contributed by atoms with E-state index in [0.29, 0.717) is 17.5 Å². The van der Waals surface area contributed by atoms with Crippen molar-refractivity contribution < 1.29 is 13.2 Å². The zero-order chi connectivity index (χ0) is 19.3. The Morgan fingerprint density at radius 3 is 2.75 bits per heavy atom. The number of fused-ring (bicyclic) bond motifs is 3. The summed E-state index contributed by atoms with van der Waals surface area (Å²) in [5.74, 6) is -0.254. The molecule has 0 radical (unpaired) electrons. The molecule has 2 bridgehead atoms. The molecular weight excluding hydrogens is 394 g/mol. The Balaban J connectivity index is 1.48. The van der Waals surface area contributed by atoms with E-state index in [1.807, 2.05) is 0 Å². The molecular formula is C20H19N3O3S2. The Bertz CT molecular complexity index is 1160. The molecule has 3 atom stereocenters. The molecule has 5 rings (SSSR count). The molecule has 2 aromatic heterocycles. The van der Waals surface area contributed by atoms with E-state index < -0.39 is 9.84 Å². The van der Waals surface area contributed by atoms with Gasteiger partial charge in [0.15, 0.2) is 0 Å². The highest BCUT2D eigenvalue weighted by molar-refractivity contribution is 7.92. The van der Waals surface area contributed by atoms with Gasteiger partial charge in [-0.05, 0) is 37.5 Å². The first-order valence-corrected chi connectivity index (χ1v) is 11.6. The number of nitrogens with zero attached hydrogens (tertiary/aromatic N) is 1. The number of hydrogen-bond donors (Lipinski definition) is 2. The second kappa shape index (κ2) is 6.65. The first-order valence-electron chi connectivity index (χ1n) is 9.27. The van der Waals surface area contributed by atoms with Gasteiger partial charge in [0.2, 0.25) is 9.84 Å². The van der Waals surface area contributed by atoms with Crippen LogP contribution in [0.4, 0.5) is 0 Å². The first-order chi connectivity index (χ1) is 13.5. The SMILES string of the molecule is O=C(N[C@@H]1C[C@H]2CC[C@@H]1N2)c1cc2c(S(=O)(=O)c3ccccc3)csc2cn1. The average molecular weight is 414 g/mol. The van der Waals surface area contributed by atoms with Gasteiger partial charge in [-0.3, -0.25) is 4.79 Å². The highest BCUT2D eigenvalue weighted by atomic mass is 32.2.